The second-order valence-corrected chi connectivity index (χ2v) is 5.20. The molecule has 2 unspecified atom stereocenters. The summed E-state index contributed by atoms with van der Waals surface area (Å²) in [4.78, 5) is 11.9. The number of fused-ring (bicyclic) bond motifs is 1. The number of carbonyl (C=O) groups excluding carboxylic acids is 1. The van der Waals surface area contributed by atoms with Crippen molar-refractivity contribution in [1.82, 2.24) is 10.6 Å². The zero-order valence-corrected chi connectivity index (χ0v) is 11.0. The van der Waals surface area contributed by atoms with Gasteiger partial charge in [-0.15, -0.1) is 0 Å². The first kappa shape index (κ1) is 12.6. The fourth-order valence-electron chi connectivity index (χ4n) is 2.88. The first-order valence-electron chi connectivity index (χ1n) is 7.05. The Labute approximate surface area is 113 Å². The molecule has 1 fully saturated rings. The minimum absolute atomic E-state index is 0.0300. The quantitative estimate of drug-likeness (QED) is 0.857. The van der Waals surface area contributed by atoms with Crippen LogP contribution in [0.25, 0.3) is 0 Å². The molecule has 0 saturated carbocycles. The number of benzene rings is 1. The molecule has 1 saturated heterocycles. The molecule has 0 bridgehead atoms. The highest BCUT2D eigenvalue weighted by molar-refractivity contribution is 5.81. The number of hydrogen-bond acceptors (Lipinski definition) is 3. The largest absolute Gasteiger partial charge is 0.368 e. The fraction of sp³-hybridized carbons (Fsp3) is 0.533. The Kier molecular flexibility index (Phi) is 3.80. The summed E-state index contributed by atoms with van der Waals surface area (Å²) in [6.45, 7) is 2.32. The Balaban J connectivity index is 1.60. The zero-order chi connectivity index (χ0) is 13.1. The molecule has 2 aliphatic rings. The maximum atomic E-state index is 11.9. The van der Waals surface area contributed by atoms with Crippen LogP contribution < -0.4 is 10.6 Å². The van der Waals surface area contributed by atoms with Crippen LogP contribution in [-0.4, -0.2) is 31.7 Å². The van der Waals surface area contributed by atoms with Gasteiger partial charge in [0.1, 0.15) is 6.10 Å². The van der Waals surface area contributed by atoms with Crippen molar-refractivity contribution in [2.75, 3.05) is 19.7 Å². The lowest BCUT2D eigenvalue weighted by atomic mass is 9.94. The number of amides is 1. The van der Waals surface area contributed by atoms with Crippen molar-refractivity contribution in [3.8, 4) is 0 Å². The van der Waals surface area contributed by atoms with E-state index in [9.17, 15) is 4.79 Å². The Morgan fingerprint density at radius 1 is 1.42 bits per heavy atom. The van der Waals surface area contributed by atoms with Crippen molar-refractivity contribution in [2.24, 2.45) is 0 Å². The number of nitrogens with one attached hydrogen (secondary N) is 2. The lowest BCUT2D eigenvalue weighted by Crippen LogP contribution is -2.42. The number of rotatable bonds is 3. The van der Waals surface area contributed by atoms with Gasteiger partial charge in [-0.1, -0.05) is 24.3 Å². The van der Waals surface area contributed by atoms with Crippen LogP contribution in [0.1, 0.15) is 30.0 Å². The molecule has 1 aromatic rings. The molecule has 2 aliphatic heterocycles. The topological polar surface area (TPSA) is 50.4 Å². The van der Waals surface area contributed by atoms with Crippen molar-refractivity contribution in [2.45, 2.75) is 31.4 Å². The predicted molar refractivity (Wildman–Crippen MR) is 72.9 cm³/mol. The van der Waals surface area contributed by atoms with Gasteiger partial charge in [0.15, 0.2) is 0 Å². The number of ether oxygens (including phenoxy) is 1. The van der Waals surface area contributed by atoms with Crippen molar-refractivity contribution < 1.29 is 9.53 Å². The van der Waals surface area contributed by atoms with Crippen LogP contribution in [0.15, 0.2) is 24.3 Å². The summed E-state index contributed by atoms with van der Waals surface area (Å²) in [5.41, 5.74) is 2.69. The van der Waals surface area contributed by atoms with Gasteiger partial charge in [0.05, 0.1) is 0 Å². The van der Waals surface area contributed by atoms with E-state index in [4.69, 9.17) is 4.74 Å². The van der Waals surface area contributed by atoms with E-state index < -0.39 is 0 Å². The number of carbonyl (C=O) groups is 1. The average molecular weight is 260 g/mol. The summed E-state index contributed by atoms with van der Waals surface area (Å²) >= 11 is 0. The summed E-state index contributed by atoms with van der Waals surface area (Å²) in [5, 5.41) is 6.47. The molecule has 1 aromatic carbocycles. The van der Waals surface area contributed by atoms with Gasteiger partial charge in [0.2, 0.25) is 5.91 Å². The van der Waals surface area contributed by atoms with E-state index in [1.807, 2.05) is 0 Å². The van der Waals surface area contributed by atoms with E-state index in [2.05, 4.69) is 34.9 Å². The normalized spacial score (nSPS) is 25.9. The van der Waals surface area contributed by atoms with E-state index in [0.29, 0.717) is 13.2 Å². The van der Waals surface area contributed by atoms with Crippen LogP contribution in [0.4, 0.5) is 0 Å². The second kappa shape index (κ2) is 5.72. The smallest absolute Gasteiger partial charge is 0.249 e. The van der Waals surface area contributed by atoms with Gasteiger partial charge in [-0.25, -0.2) is 0 Å². The Morgan fingerprint density at radius 3 is 3.16 bits per heavy atom. The lowest BCUT2D eigenvalue weighted by molar-refractivity contribution is -0.130. The highest BCUT2D eigenvalue weighted by Crippen LogP contribution is 2.22. The highest BCUT2D eigenvalue weighted by atomic mass is 16.5. The first-order valence-corrected chi connectivity index (χ1v) is 7.05. The van der Waals surface area contributed by atoms with Crippen LogP contribution in [0.5, 0.6) is 0 Å². The van der Waals surface area contributed by atoms with Crippen LogP contribution in [0.3, 0.4) is 0 Å². The standard InChI is InChI=1S/C15H20N2O2/c18-15(14-6-3-9-19-14)17-10-13-12-5-2-1-4-11(12)7-8-16-13/h1-2,4-5,13-14,16H,3,6-10H2,(H,17,18). The third-order valence-corrected chi connectivity index (χ3v) is 3.92. The van der Waals surface area contributed by atoms with Gasteiger partial charge >= 0.3 is 0 Å². The van der Waals surface area contributed by atoms with Crippen molar-refractivity contribution >= 4 is 5.91 Å². The third-order valence-electron chi connectivity index (χ3n) is 3.92. The van der Waals surface area contributed by atoms with E-state index in [1.54, 1.807) is 0 Å². The van der Waals surface area contributed by atoms with E-state index in [1.165, 1.54) is 11.1 Å². The maximum absolute atomic E-state index is 11.9. The summed E-state index contributed by atoms with van der Waals surface area (Å²) in [6, 6.07) is 8.66. The van der Waals surface area contributed by atoms with Crippen molar-refractivity contribution in [3.63, 3.8) is 0 Å². The SMILES string of the molecule is O=C(NCC1NCCc2ccccc21)C1CCCO1. The van der Waals surface area contributed by atoms with Gasteiger partial charge in [-0.2, -0.15) is 0 Å². The molecule has 0 aromatic heterocycles. The van der Waals surface area contributed by atoms with Gasteiger partial charge in [-0.05, 0) is 36.9 Å². The van der Waals surface area contributed by atoms with E-state index in [-0.39, 0.29) is 18.1 Å². The highest BCUT2D eigenvalue weighted by Gasteiger charge is 2.25. The minimum Gasteiger partial charge on any atom is -0.368 e. The molecular formula is C15H20N2O2. The molecule has 102 valence electrons. The fourth-order valence-corrected chi connectivity index (χ4v) is 2.88. The number of hydrogen-bond donors (Lipinski definition) is 2. The molecular weight excluding hydrogens is 240 g/mol. The molecule has 0 spiro atoms. The second-order valence-electron chi connectivity index (χ2n) is 5.20. The molecule has 2 heterocycles. The van der Waals surface area contributed by atoms with Crippen LogP contribution in [0.2, 0.25) is 0 Å². The van der Waals surface area contributed by atoms with Gasteiger partial charge in [-0.3, -0.25) is 4.79 Å². The molecule has 3 rings (SSSR count). The van der Waals surface area contributed by atoms with Gasteiger partial charge < -0.3 is 15.4 Å². The van der Waals surface area contributed by atoms with Gasteiger partial charge in [0.25, 0.3) is 0 Å². The van der Waals surface area contributed by atoms with Crippen LogP contribution in [-0.2, 0) is 16.0 Å². The van der Waals surface area contributed by atoms with Crippen LogP contribution in [0, 0.1) is 0 Å². The monoisotopic (exact) mass is 260 g/mol. The van der Waals surface area contributed by atoms with Crippen molar-refractivity contribution in [3.05, 3.63) is 35.4 Å². The lowest BCUT2D eigenvalue weighted by Gasteiger charge is -2.27. The maximum Gasteiger partial charge on any atom is 0.249 e. The molecule has 19 heavy (non-hydrogen) atoms. The molecule has 2 N–H and O–H groups in total. The summed E-state index contributed by atoms with van der Waals surface area (Å²) < 4.78 is 5.39. The third kappa shape index (κ3) is 2.80. The molecule has 4 heteroatoms. The van der Waals surface area contributed by atoms with Crippen LogP contribution >= 0.6 is 0 Å². The summed E-state index contributed by atoms with van der Waals surface area (Å²) in [7, 11) is 0. The first-order chi connectivity index (χ1) is 9.34. The Hall–Kier alpha value is -1.39. The minimum atomic E-state index is -0.237. The molecule has 2 atom stereocenters. The Morgan fingerprint density at radius 2 is 2.32 bits per heavy atom. The van der Waals surface area contributed by atoms with Gasteiger partial charge in [0, 0.05) is 19.2 Å². The molecule has 0 aliphatic carbocycles. The van der Waals surface area contributed by atoms with E-state index in [0.717, 1.165) is 25.8 Å². The van der Waals surface area contributed by atoms with Crippen molar-refractivity contribution in [1.29, 1.82) is 0 Å². The molecule has 4 nitrogen and oxygen atoms in total. The molecule has 0 radical (unpaired) electrons. The summed E-state index contributed by atoms with van der Waals surface area (Å²) in [6.07, 6.45) is 2.66. The Bertz CT molecular complexity index is 455. The molecule has 1 amide bonds. The average Bonchev–Trinajstić information content (AvgIpc) is 2.99. The van der Waals surface area contributed by atoms with E-state index >= 15 is 0 Å². The zero-order valence-electron chi connectivity index (χ0n) is 11.0. The predicted octanol–water partition coefficient (Wildman–Crippen LogP) is 1.17. The summed E-state index contributed by atoms with van der Waals surface area (Å²) in [5.74, 6) is 0.0300.